The number of aromatic nitrogens is 2. The van der Waals surface area contributed by atoms with Crippen molar-refractivity contribution in [3.05, 3.63) is 10.4 Å². The average Bonchev–Trinajstić information content (AvgIpc) is 3.05. The van der Waals surface area contributed by atoms with Crippen LogP contribution in [0.25, 0.3) is 10.2 Å². The number of hydrogen-bond donors (Lipinski definition) is 1. The maximum atomic E-state index is 6.18. The molecule has 0 saturated carbocycles. The van der Waals surface area contributed by atoms with E-state index in [-0.39, 0.29) is 5.60 Å². The molecule has 1 N–H and O–H groups in total. The Morgan fingerprint density at radius 3 is 2.79 bits per heavy atom. The average molecular weight is 437 g/mol. The zero-order valence-electron chi connectivity index (χ0n) is 17.9. The molecule has 1 atom stereocenters. The van der Waals surface area contributed by atoms with Gasteiger partial charge in [0.05, 0.1) is 30.8 Å². The minimum atomic E-state index is -0.0998. The molecular weight excluding hydrogens is 404 g/mol. The largest absolute Gasteiger partial charge is 0.379 e. The Labute approximate surface area is 181 Å². The van der Waals surface area contributed by atoms with Gasteiger partial charge in [0.15, 0.2) is 5.16 Å². The first-order valence-electron chi connectivity index (χ1n) is 10.6. The van der Waals surface area contributed by atoms with E-state index in [0.717, 1.165) is 68.0 Å². The molecule has 0 bridgehead atoms. The summed E-state index contributed by atoms with van der Waals surface area (Å²) in [5.41, 5.74) is 1.29. The molecule has 0 unspecified atom stereocenters. The van der Waals surface area contributed by atoms with Crippen molar-refractivity contribution >= 4 is 39.1 Å². The highest BCUT2D eigenvalue weighted by Gasteiger charge is 2.33. The highest BCUT2D eigenvalue weighted by atomic mass is 32.2. The van der Waals surface area contributed by atoms with Crippen LogP contribution in [0.2, 0.25) is 0 Å². The summed E-state index contributed by atoms with van der Waals surface area (Å²) in [6, 6.07) is 0. The lowest BCUT2D eigenvalue weighted by Crippen LogP contribution is -2.39. The van der Waals surface area contributed by atoms with Crippen LogP contribution in [-0.2, 0) is 22.5 Å². The van der Waals surface area contributed by atoms with E-state index in [4.69, 9.17) is 19.4 Å². The predicted octanol–water partition coefficient (Wildman–Crippen LogP) is 4.18. The van der Waals surface area contributed by atoms with Gasteiger partial charge in [-0.05, 0) is 18.9 Å². The first-order chi connectivity index (χ1) is 14.0. The highest BCUT2D eigenvalue weighted by molar-refractivity contribution is 7.99. The smallest absolute Gasteiger partial charge is 0.191 e. The van der Waals surface area contributed by atoms with Gasteiger partial charge in [-0.15, -0.1) is 11.3 Å². The molecule has 6 nitrogen and oxygen atoms in total. The third kappa shape index (κ3) is 4.88. The molecule has 1 saturated heterocycles. The summed E-state index contributed by atoms with van der Waals surface area (Å²) in [4.78, 5) is 14.7. The molecule has 0 radical (unpaired) electrons. The monoisotopic (exact) mass is 436 g/mol. The van der Waals surface area contributed by atoms with Crippen LogP contribution in [0.1, 0.15) is 44.6 Å². The van der Waals surface area contributed by atoms with Gasteiger partial charge in [0, 0.05) is 42.7 Å². The van der Waals surface area contributed by atoms with Crippen molar-refractivity contribution in [2.75, 3.05) is 44.7 Å². The zero-order valence-corrected chi connectivity index (χ0v) is 19.5. The Balaban J connectivity index is 1.63. The fraction of sp³-hybridized carbons (Fsp3) is 0.714. The first kappa shape index (κ1) is 21.3. The minimum Gasteiger partial charge on any atom is -0.379 e. The molecule has 160 valence electrons. The molecule has 0 amide bonds. The number of nitrogens with one attached hydrogen (secondary N) is 1. The molecule has 2 aromatic rings. The highest BCUT2D eigenvalue weighted by Crippen LogP contribution is 2.42. The molecule has 4 heterocycles. The van der Waals surface area contributed by atoms with Gasteiger partial charge in [0.1, 0.15) is 10.6 Å². The van der Waals surface area contributed by atoms with Gasteiger partial charge in [0.25, 0.3) is 0 Å². The minimum absolute atomic E-state index is 0.0998. The molecule has 1 fully saturated rings. The van der Waals surface area contributed by atoms with Gasteiger partial charge in [-0.3, -0.25) is 4.90 Å². The number of hydrogen-bond acceptors (Lipinski definition) is 8. The molecule has 4 rings (SSSR count). The van der Waals surface area contributed by atoms with E-state index in [9.17, 15) is 0 Å². The Bertz CT molecular complexity index is 851. The molecular formula is C21H32N4O2S2. The van der Waals surface area contributed by atoms with E-state index in [1.54, 1.807) is 23.1 Å². The predicted molar refractivity (Wildman–Crippen MR) is 121 cm³/mol. The summed E-state index contributed by atoms with van der Waals surface area (Å²) in [5.74, 6) is 0.990. The van der Waals surface area contributed by atoms with Crippen molar-refractivity contribution in [2.45, 2.75) is 63.2 Å². The van der Waals surface area contributed by atoms with E-state index in [0.29, 0.717) is 11.9 Å². The van der Waals surface area contributed by atoms with Gasteiger partial charge in [-0.25, -0.2) is 9.97 Å². The third-order valence-electron chi connectivity index (χ3n) is 5.73. The van der Waals surface area contributed by atoms with Crippen LogP contribution in [0.5, 0.6) is 0 Å². The number of anilines is 1. The maximum absolute atomic E-state index is 6.18. The second-order valence-corrected chi connectivity index (χ2v) is 11.0. The molecule has 8 heteroatoms. The molecule has 29 heavy (non-hydrogen) atoms. The van der Waals surface area contributed by atoms with Gasteiger partial charge in [-0.2, -0.15) is 0 Å². The van der Waals surface area contributed by atoms with Gasteiger partial charge >= 0.3 is 0 Å². The van der Waals surface area contributed by atoms with Gasteiger partial charge < -0.3 is 14.8 Å². The Kier molecular flexibility index (Phi) is 6.65. The summed E-state index contributed by atoms with van der Waals surface area (Å²) in [7, 11) is 0. The lowest BCUT2D eigenvalue weighted by molar-refractivity contribution is -0.0542. The summed E-state index contributed by atoms with van der Waals surface area (Å²) < 4.78 is 11.6. The molecule has 2 aliphatic rings. The van der Waals surface area contributed by atoms with Crippen molar-refractivity contribution in [3.8, 4) is 0 Å². The standard InChI is InChI=1S/C21H32N4O2S2/c1-5-21(4)12-15-16(13-27-21)29-19-17(15)18(23-20(24-19)28-14(2)3)22-6-7-25-8-10-26-11-9-25/h14H,5-13H2,1-4H3,(H,22,23,24)/t21-/m0/s1. The number of rotatable bonds is 7. The fourth-order valence-electron chi connectivity index (χ4n) is 3.83. The molecule has 0 aromatic carbocycles. The molecule has 0 spiro atoms. The van der Waals surface area contributed by atoms with Crippen molar-refractivity contribution in [1.82, 2.24) is 14.9 Å². The number of morpholine rings is 1. The number of thiophene rings is 1. The van der Waals surface area contributed by atoms with Crippen molar-refractivity contribution in [3.63, 3.8) is 0 Å². The number of fused-ring (bicyclic) bond motifs is 3. The summed E-state index contributed by atoms with van der Waals surface area (Å²) in [5, 5.41) is 6.17. The number of ether oxygens (including phenoxy) is 2. The second-order valence-electron chi connectivity index (χ2n) is 8.36. The van der Waals surface area contributed by atoms with Crippen molar-refractivity contribution in [1.29, 1.82) is 0 Å². The molecule has 2 aromatic heterocycles. The fourth-order valence-corrected chi connectivity index (χ4v) is 5.70. The Hall–Kier alpha value is -0.930. The van der Waals surface area contributed by atoms with Crippen LogP contribution in [0.3, 0.4) is 0 Å². The molecule has 2 aliphatic heterocycles. The SMILES string of the molecule is CC[C@@]1(C)Cc2c(sc3nc(SC(C)C)nc(NCCN4CCOCC4)c23)CO1. The lowest BCUT2D eigenvalue weighted by atomic mass is 9.90. The quantitative estimate of drug-likeness (QED) is 0.516. The van der Waals surface area contributed by atoms with Crippen LogP contribution < -0.4 is 5.32 Å². The summed E-state index contributed by atoms with van der Waals surface area (Å²) in [6.45, 7) is 15.0. The second kappa shape index (κ2) is 9.06. The van der Waals surface area contributed by atoms with Crippen molar-refractivity contribution < 1.29 is 9.47 Å². The molecule has 0 aliphatic carbocycles. The van der Waals surface area contributed by atoms with Gasteiger partial charge in [-0.1, -0.05) is 32.5 Å². The van der Waals surface area contributed by atoms with Crippen LogP contribution in [0, 0.1) is 0 Å². The van der Waals surface area contributed by atoms with Crippen LogP contribution >= 0.6 is 23.1 Å². The van der Waals surface area contributed by atoms with Crippen LogP contribution in [0.15, 0.2) is 5.16 Å². The first-order valence-corrected chi connectivity index (χ1v) is 12.3. The number of nitrogens with zero attached hydrogens (tertiary/aromatic N) is 3. The Morgan fingerprint density at radius 1 is 1.28 bits per heavy atom. The normalized spacial score (nSPS) is 22.9. The topological polar surface area (TPSA) is 59.5 Å². The van der Waals surface area contributed by atoms with Gasteiger partial charge in [0.2, 0.25) is 0 Å². The van der Waals surface area contributed by atoms with E-state index in [1.807, 2.05) is 0 Å². The zero-order chi connectivity index (χ0) is 20.4. The third-order valence-corrected chi connectivity index (χ3v) is 7.69. The Morgan fingerprint density at radius 2 is 2.07 bits per heavy atom. The lowest BCUT2D eigenvalue weighted by Gasteiger charge is -2.33. The summed E-state index contributed by atoms with van der Waals surface area (Å²) in [6.07, 6.45) is 1.93. The van der Waals surface area contributed by atoms with Crippen LogP contribution in [-0.4, -0.2) is 65.1 Å². The van der Waals surface area contributed by atoms with Crippen LogP contribution in [0.4, 0.5) is 5.82 Å². The maximum Gasteiger partial charge on any atom is 0.191 e. The van der Waals surface area contributed by atoms with Crippen molar-refractivity contribution in [2.24, 2.45) is 0 Å². The number of thioether (sulfide) groups is 1. The van der Waals surface area contributed by atoms with E-state index in [1.165, 1.54) is 15.8 Å². The summed E-state index contributed by atoms with van der Waals surface area (Å²) >= 11 is 3.50. The van der Waals surface area contributed by atoms with E-state index >= 15 is 0 Å². The van der Waals surface area contributed by atoms with E-state index < -0.39 is 0 Å². The van der Waals surface area contributed by atoms with E-state index in [2.05, 4.69) is 37.9 Å².